The normalized spacial score (nSPS) is 15.1. The SMILES string of the molecule is O=C(ON1C(=O)CCC1=O)c1ccc(OCC(F)(F)F)cc1. The lowest BCUT2D eigenvalue weighted by atomic mass is 10.2. The van der Waals surface area contributed by atoms with Crippen LogP contribution in [0.2, 0.25) is 0 Å². The molecule has 1 heterocycles. The predicted octanol–water partition coefficient (Wildman–Crippen LogP) is 1.85. The lowest BCUT2D eigenvalue weighted by Gasteiger charge is -2.13. The summed E-state index contributed by atoms with van der Waals surface area (Å²) in [5, 5.41) is 0.385. The van der Waals surface area contributed by atoms with Crippen LogP contribution in [0.5, 0.6) is 5.75 Å². The predicted molar refractivity (Wildman–Crippen MR) is 64.5 cm³/mol. The fraction of sp³-hybridized carbons (Fsp3) is 0.308. The van der Waals surface area contributed by atoms with Crippen molar-refractivity contribution in [3.63, 3.8) is 0 Å². The van der Waals surface area contributed by atoms with Gasteiger partial charge in [0.25, 0.3) is 11.8 Å². The molecule has 1 saturated heterocycles. The summed E-state index contributed by atoms with van der Waals surface area (Å²) >= 11 is 0. The second kappa shape index (κ2) is 6.04. The van der Waals surface area contributed by atoms with Gasteiger partial charge in [0.1, 0.15) is 5.75 Å². The standard InChI is InChI=1S/C13H10F3NO5/c14-13(15,16)7-21-9-3-1-8(2-4-9)12(20)22-17-10(18)5-6-11(17)19/h1-4H,5-7H2. The summed E-state index contributed by atoms with van der Waals surface area (Å²) in [4.78, 5) is 39.0. The zero-order valence-electron chi connectivity index (χ0n) is 11.1. The van der Waals surface area contributed by atoms with Gasteiger partial charge in [-0.1, -0.05) is 0 Å². The molecule has 1 aliphatic rings. The number of nitrogens with zero attached hydrogens (tertiary/aromatic N) is 1. The van der Waals surface area contributed by atoms with Crippen molar-refractivity contribution in [1.82, 2.24) is 5.06 Å². The van der Waals surface area contributed by atoms with Gasteiger partial charge in [0.2, 0.25) is 0 Å². The Morgan fingerprint density at radius 1 is 1.09 bits per heavy atom. The minimum absolute atomic E-state index is 0.0314. The quantitative estimate of drug-likeness (QED) is 0.792. The molecule has 1 aliphatic heterocycles. The Morgan fingerprint density at radius 3 is 2.14 bits per heavy atom. The highest BCUT2D eigenvalue weighted by Gasteiger charge is 2.33. The number of imide groups is 1. The molecule has 0 N–H and O–H groups in total. The van der Waals surface area contributed by atoms with E-state index in [0.29, 0.717) is 5.06 Å². The third kappa shape index (κ3) is 3.96. The molecule has 1 fully saturated rings. The Morgan fingerprint density at radius 2 is 1.64 bits per heavy atom. The number of benzene rings is 1. The molecule has 0 saturated carbocycles. The monoisotopic (exact) mass is 317 g/mol. The van der Waals surface area contributed by atoms with Crippen LogP contribution in [0.3, 0.4) is 0 Å². The number of rotatable bonds is 4. The summed E-state index contributed by atoms with van der Waals surface area (Å²) in [5.41, 5.74) is -0.0353. The first kappa shape index (κ1) is 15.8. The molecule has 0 aliphatic carbocycles. The average molecular weight is 317 g/mol. The van der Waals surface area contributed by atoms with Gasteiger partial charge in [0, 0.05) is 12.8 Å². The van der Waals surface area contributed by atoms with Crippen molar-refractivity contribution in [2.45, 2.75) is 19.0 Å². The van der Waals surface area contributed by atoms with Crippen molar-refractivity contribution < 1.29 is 37.1 Å². The van der Waals surface area contributed by atoms with Gasteiger partial charge in [-0.05, 0) is 24.3 Å². The van der Waals surface area contributed by atoms with Crippen LogP contribution in [-0.4, -0.2) is 35.6 Å². The number of carbonyl (C=O) groups is 3. The average Bonchev–Trinajstić information content (AvgIpc) is 2.77. The van der Waals surface area contributed by atoms with Gasteiger partial charge in [0.15, 0.2) is 6.61 Å². The van der Waals surface area contributed by atoms with E-state index in [1.165, 1.54) is 12.1 Å². The molecule has 2 amide bonds. The molecule has 0 spiro atoms. The van der Waals surface area contributed by atoms with Crippen LogP contribution in [0.25, 0.3) is 0 Å². The van der Waals surface area contributed by atoms with E-state index in [1.54, 1.807) is 0 Å². The number of halogens is 3. The summed E-state index contributed by atoms with van der Waals surface area (Å²) in [6.45, 7) is -1.45. The highest BCUT2D eigenvalue weighted by Crippen LogP contribution is 2.20. The van der Waals surface area contributed by atoms with E-state index >= 15 is 0 Å². The molecule has 0 bridgehead atoms. The first-order valence-electron chi connectivity index (χ1n) is 6.14. The lowest BCUT2D eigenvalue weighted by molar-refractivity contribution is -0.172. The molecule has 0 aromatic heterocycles. The van der Waals surface area contributed by atoms with Crippen molar-refractivity contribution in [2.75, 3.05) is 6.61 Å². The molecule has 9 heteroatoms. The van der Waals surface area contributed by atoms with Crippen LogP contribution in [0.4, 0.5) is 13.2 Å². The largest absolute Gasteiger partial charge is 0.484 e. The van der Waals surface area contributed by atoms with E-state index in [1.807, 2.05) is 0 Å². The Balaban J connectivity index is 1.96. The topological polar surface area (TPSA) is 72.9 Å². The van der Waals surface area contributed by atoms with Crippen LogP contribution in [0, 0.1) is 0 Å². The van der Waals surface area contributed by atoms with Crippen LogP contribution in [0.1, 0.15) is 23.2 Å². The third-order valence-corrected chi connectivity index (χ3v) is 2.67. The number of hydrogen-bond acceptors (Lipinski definition) is 5. The lowest BCUT2D eigenvalue weighted by Crippen LogP contribution is -2.32. The van der Waals surface area contributed by atoms with Crippen molar-refractivity contribution >= 4 is 17.8 Å². The van der Waals surface area contributed by atoms with E-state index < -0.39 is 30.6 Å². The number of ether oxygens (including phenoxy) is 1. The van der Waals surface area contributed by atoms with E-state index in [0.717, 1.165) is 12.1 Å². The number of hydroxylamine groups is 2. The maximum atomic E-state index is 12.0. The first-order chi connectivity index (χ1) is 10.3. The van der Waals surface area contributed by atoms with Crippen LogP contribution in [0.15, 0.2) is 24.3 Å². The van der Waals surface area contributed by atoms with E-state index in [9.17, 15) is 27.6 Å². The maximum absolute atomic E-state index is 12.0. The summed E-state index contributed by atoms with van der Waals surface area (Å²) in [6.07, 6.45) is -4.53. The molecule has 1 aromatic carbocycles. The molecule has 1 aromatic rings. The minimum Gasteiger partial charge on any atom is -0.484 e. The van der Waals surface area contributed by atoms with Crippen molar-refractivity contribution in [1.29, 1.82) is 0 Å². The number of alkyl halides is 3. The van der Waals surface area contributed by atoms with E-state index in [-0.39, 0.29) is 24.2 Å². The van der Waals surface area contributed by atoms with Crippen LogP contribution < -0.4 is 4.74 Å². The van der Waals surface area contributed by atoms with Gasteiger partial charge >= 0.3 is 12.1 Å². The zero-order valence-corrected chi connectivity index (χ0v) is 11.1. The molecular formula is C13H10F3NO5. The van der Waals surface area contributed by atoms with Gasteiger partial charge in [-0.25, -0.2) is 4.79 Å². The van der Waals surface area contributed by atoms with Crippen molar-refractivity contribution in [3.8, 4) is 5.75 Å². The molecule has 22 heavy (non-hydrogen) atoms. The Bertz CT molecular complexity index is 581. The first-order valence-corrected chi connectivity index (χ1v) is 6.14. The summed E-state index contributed by atoms with van der Waals surface area (Å²) in [7, 11) is 0. The smallest absolute Gasteiger partial charge is 0.422 e. The molecule has 2 rings (SSSR count). The van der Waals surface area contributed by atoms with Gasteiger partial charge in [-0.2, -0.15) is 13.2 Å². The molecule has 118 valence electrons. The van der Waals surface area contributed by atoms with E-state index in [4.69, 9.17) is 0 Å². The third-order valence-electron chi connectivity index (χ3n) is 2.67. The molecule has 6 nitrogen and oxygen atoms in total. The Labute approximate surface area is 122 Å². The van der Waals surface area contributed by atoms with Gasteiger partial charge in [0.05, 0.1) is 5.56 Å². The minimum atomic E-state index is -4.46. The summed E-state index contributed by atoms with van der Waals surface area (Å²) in [5.74, 6) is -2.29. The number of hydrogen-bond donors (Lipinski definition) is 0. The zero-order chi connectivity index (χ0) is 16.3. The number of amides is 2. The highest BCUT2D eigenvalue weighted by molar-refractivity contribution is 6.02. The van der Waals surface area contributed by atoms with Gasteiger partial charge < -0.3 is 9.57 Å². The molecule has 0 radical (unpaired) electrons. The second-order valence-corrected chi connectivity index (χ2v) is 4.39. The van der Waals surface area contributed by atoms with Crippen molar-refractivity contribution in [2.24, 2.45) is 0 Å². The molecule has 0 unspecified atom stereocenters. The fourth-order valence-corrected chi connectivity index (χ4v) is 1.65. The van der Waals surface area contributed by atoms with E-state index in [2.05, 4.69) is 9.57 Å². The van der Waals surface area contributed by atoms with Crippen molar-refractivity contribution in [3.05, 3.63) is 29.8 Å². The summed E-state index contributed by atoms with van der Waals surface area (Å²) < 4.78 is 40.4. The fourth-order valence-electron chi connectivity index (χ4n) is 1.65. The van der Waals surface area contributed by atoms with Crippen LogP contribution >= 0.6 is 0 Å². The highest BCUT2D eigenvalue weighted by atomic mass is 19.4. The van der Waals surface area contributed by atoms with Gasteiger partial charge in [-0.15, -0.1) is 5.06 Å². The Hall–Kier alpha value is -2.58. The molecule has 0 atom stereocenters. The maximum Gasteiger partial charge on any atom is 0.422 e. The molecular weight excluding hydrogens is 307 g/mol. The second-order valence-electron chi connectivity index (χ2n) is 4.39. The Kier molecular flexibility index (Phi) is 4.34. The van der Waals surface area contributed by atoms with Gasteiger partial charge in [-0.3, -0.25) is 9.59 Å². The summed E-state index contributed by atoms with van der Waals surface area (Å²) in [6, 6.07) is 4.63. The van der Waals surface area contributed by atoms with Crippen LogP contribution in [-0.2, 0) is 14.4 Å². The number of carbonyl (C=O) groups excluding carboxylic acids is 3.